The number of nitrogens with zero attached hydrogens (tertiary/aromatic N) is 2. The minimum Gasteiger partial charge on any atom is -0.392 e. The number of rotatable bonds is 3. The monoisotopic (exact) mass is 251 g/mol. The molecule has 8 heteroatoms. The second kappa shape index (κ2) is 4.61. The summed E-state index contributed by atoms with van der Waals surface area (Å²) in [5.41, 5.74) is 0. The van der Waals surface area contributed by atoms with E-state index in [-0.39, 0.29) is 24.2 Å². The Morgan fingerprint density at radius 2 is 2.24 bits per heavy atom. The highest BCUT2D eigenvalue weighted by atomic mass is 19.4. The van der Waals surface area contributed by atoms with Gasteiger partial charge in [-0.1, -0.05) is 5.16 Å². The predicted molar refractivity (Wildman–Crippen MR) is 50.0 cm³/mol. The minimum atomic E-state index is -4.22. The number of β-amino-alcohol motifs (C(OH)–C–C–N with tert-alkyl or cyclic N) is 1. The highest BCUT2D eigenvalue weighted by molar-refractivity contribution is 4.97. The number of nitrogens with one attached hydrogen (secondary N) is 1. The van der Waals surface area contributed by atoms with Crippen LogP contribution in [0.1, 0.15) is 30.6 Å². The zero-order valence-corrected chi connectivity index (χ0v) is 8.87. The van der Waals surface area contributed by atoms with Crippen molar-refractivity contribution in [3.63, 3.8) is 0 Å². The Hall–Kier alpha value is -1.15. The van der Waals surface area contributed by atoms with Crippen molar-refractivity contribution in [3.8, 4) is 0 Å². The number of aryl methyl sites for hydroxylation is 1. The number of aliphatic hydroxyl groups excluding tert-OH is 1. The fourth-order valence-electron chi connectivity index (χ4n) is 1.67. The van der Waals surface area contributed by atoms with Crippen molar-refractivity contribution >= 4 is 0 Å². The van der Waals surface area contributed by atoms with Crippen LogP contribution in [0.15, 0.2) is 4.52 Å². The fraction of sp³-hybridized carbons (Fsp3) is 0.778. The number of alkyl halides is 3. The van der Waals surface area contributed by atoms with Crippen molar-refractivity contribution in [3.05, 3.63) is 11.7 Å². The van der Waals surface area contributed by atoms with E-state index >= 15 is 0 Å². The molecule has 1 aliphatic rings. The third-order valence-corrected chi connectivity index (χ3v) is 2.52. The molecule has 5 nitrogen and oxygen atoms in total. The highest BCUT2D eigenvalue weighted by Crippen LogP contribution is 2.24. The zero-order chi connectivity index (χ0) is 12.5. The van der Waals surface area contributed by atoms with Gasteiger partial charge >= 0.3 is 6.18 Å². The average molecular weight is 251 g/mol. The van der Waals surface area contributed by atoms with Crippen LogP contribution in [0, 0.1) is 0 Å². The quantitative estimate of drug-likeness (QED) is 0.837. The Labute approximate surface area is 95.0 Å². The van der Waals surface area contributed by atoms with Crippen molar-refractivity contribution in [1.82, 2.24) is 15.5 Å². The fourth-order valence-corrected chi connectivity index (χ4v) is 1.67. The predicted octanol–water partition coefficient (Wildman–Crippen LogP) is 0.960. The summed E-state index contributed by atoms with van der Waals surface area (Å²) in [7, 11) is 0. The smallest absolute Gasteiger partial charge is 0.389 e. The molecule has 2 heterocycles. The van der Waals surface area contributed by atoms with Crippen molar-refractivity contribution in [1.29, 1.82) is 0 Å². The molecule has 17 heavy (non-hydrogen) atoms. The van der Waals surface area contributed by atoms with E-state index in [9.17, 15) is 18.3 Å². The SMILES string of the molecule is O[C@@H]1CN[C@@H](c2nc(CCC(F)(F)F)no2)C1. The van der Waals surface area contributed by atoms with Crippen molar-refractivity contribution in [2.75, 3.05) is 6.54 Å². The Bertz CT molecular complexity index is 380. The second-order valence-electron chi connectivity index (χ2n) is 4.01. The summed E-state index contributed by atoms with van der Waals surface area (Å²) in [6.45, 7) is 0.422. The summed E-state index contributed by atoms with van der Waals surface area (Å²) >= 11 is 0. The standard InChI is InChI=1S/C9H12F3N3O2/c10-9(11,12)2-1-7-14-8(17-15-7)6-3-5(16)4-13-6/h5-6,13,16H,1-4H2/t5-,6+/m0/s1. The molecule has 1 aliphatic heterocycles. The average Bonchev–Trinajstić information content (AvgIpc) is 2.81. The highest BCUT2D eigenvalue weighted by Gasteiger charge is 2.30. The van der Waals surface area contributed by atoms with E-state index in [2.05, 4.69) is 15.5 Å². The summed E-state index contributed by atoms with van der Waals surface area (Å²) in [5.74, 6) is 0.277. The number of hydrogen-bond donors (Lipinski definition) is 2. The molecule has 1 aromatic heterocycles. The molecule has 0 aliphatic carbocycles. The first-order valence-corrected chi connectivity index (χ1v) is 5.25. The van der Waals surface area contributed by atoms with Crippen molar-refractivity contribution in [2.24, 2.45) is 0 Å². The van der Waals surface area contributed by atoms with Crippen LogP contribution >= 0.6 is 0 Å². The van der Waals surface area contributed by atoms with Gasteiger partial charge in [0.25, 0.3) is 0 Å². The Kier molecular flexibility index (Phi) is 3.34. The molecule has 2 atom stereocenters. The van der Waals surface area contributed by atoms with Gasteiger partial charge in [0.1, 0.15) is 0 Å². The van der Waals surface area contributed by atoms with Gasteiger partial charge in [-0.05, 0) is 6.42 Å². The molecule has 0 bridgehead atoms. The van der Waals surface area contributed by atoms with E-state index in [1.165, 1.54) is 0 Å². The van der Waals surface area contributed by atoms with E-state index < -0.39 is 18.7 Å². The largest absolute Gasteiger partial charge is 0.392 e. The van der Waals surface area contributed by atoms with E-state index in [1.54, 1.807) is 0 Å². The maximum Gasteiger partial charge on any atom is 0.389 e. The lowest BCUT2D eigenvalue weighted by Gasteiger charge is -2.02. The molecule has 2 N–H and O–H groups in total. The van der Waals surface area contributed by atoms with Gasteiger partial charge in [0.15, 0.2) is 5.82 Å². The molecule has 1 fully saturated rings. The lowest BCUT2D eigenvalue weighted by Crippen LogP contribution is -2.15. The third-order valence-electron chi connectivity index (χ3n) is 2.52. The van der Waals surface area contributed by atoms with Crippen LogP contribution in [0.4, 0.5) is 13.2 Å². The van der Waals surface area contributed by atoms with Gasteiger partial charge in [0.05, 0.1) is 18.6 Å². The topological polar surface area (TPSA) is 71.2 Å². The Morgan fingerprint density at radius 3 is 2.82 bits per heavy atom. The Balaban J connectivity index is 1.92. The summed E-state index contributed by atoms with van der Waals surface area (Å²) in [4.78, 5) is 3.88. The molecule has 0 spiro atoms. The van der Waals surface area contributed by atoms with Gasteiger partial charge in [0, 0.05) is 13.0 Å². The maximum absolute atomic E-state index is 12.0. The first-order valence-electron chi connectivity index (χ1n) is 5.25. The van der Waals surface area contributed by atoms with Gasteiger partial charge in [-0.25, -0.2) is 0 Å². The van der Waals surface area contributed by atoms with E-state index in [0.717, 1.165) is 0 Å². The zero-order valence-electron chi connectivity index (χ0n) is 8.87. The van der Waals surface area contributed by atoms with Crippen LogP contribution in [0.3, 0.4) is 0 Å². The number of hydrogen-bond acceptors (Lipinski definition) is 5. The van der Waals surface area contributed by atoms with Crippen LogP contribution in [0.25, 0.3) is 0 Å². The molecule has 0 radical (unpaired) electrons. The Morgan fingerprint density at radius 1 is 1.47 bits per heavy atom. The maximum atomic E-state index is 12.0. The lowest BCUT2D eigenvalue weighted by molar-refractivity contribution is -0.134. The molecule has 96 valence electrons. The van der Waals surface area contributed by atoms with Crippen LogP contribution in [0.2, 0.25) is 0 Å². The van der Waals surface area contributed by atoms with Crippen LogP contribution in [0.5, 0.6) is 0 Å². The normalized spacial score (nSPS) is 25.4. The number of aliphatic hydroxyl groups is 1. The molecule has 0 unspecified atom stereocenters. The summed E-state index contributed by atoms with van der Waals surface area (Å²) in [5, 5.41) is 15.7. The molecule has 0 aromatic carbocycles. The molecule has 1 saturated heterocycles. The minimum absolute atomic E-state index is 0.0421. The first-order chi connectivity index (χ1) is 7.94. The van der Waals surface area contributed by atoms with E-state index in [4.69, 9.17) is 4.52 Å². The van der Waals surface area contributed by atoms with Gasteiger partial charge in [-0.3, -0.25) is 0 Å². The lowest BCUT2D eigenvalue weighted by atomic mass is 10.2. The van der Waals surface area contributed by atoms with Gasteiger partial charge < -0.3 is 14.9 Å². The molecule has 0 amide bonds. The van der Waals surface area contributed by atoms with Crippen LogP contribution in [-0.4, -0.2) is 34.1 Å². The molecule has 0 saturated carbocycles. The summed E-state index contributed by atoms with van der Waals surface area (Å²) < 4.78 is 40.8. The summed E-state index contributed by atoms with van der Waals surface area (Å²) in [6.07, 6.45) is -5.52. The van der Waals surface area contributed by atoms with Gasteiger partial charge in [0.2, 0.25) is 5.89 Å². The summed E-state index contributed by atoms with van der Waals surface area (Å²) in [6, 6.07) is -0.267. The van der Waals surface area contributed by atoms with E-state index in [0.29, 0.717) is 13.0 Å². The van der Waals surface area contributed by atoms with Crippen molar-refractivity contribution < 1.29 is 22.8 Å². The van der Waals surface area contributed by atoms with Crippen molar-refractivity contribution in [2.45, 2.75) is 37.6 Å². The van der Waals surface area contributed by atoms with Crippen LogP contribution in [-0.2, 0) is 6.42 Å². The molecular weight excluding hydrogens is 239 g/mol. The van der Waals surface area contributed by atoms with Crippen LogP contribution < -0.4 is 5.32 Å². The number of halogens is 3. The molecular formula is C9H12F3N3O2. The molecule has 1 aromatic rings. The second-order valence-corrected chi connectivity index (χ2v) is 4.01. The first kappa shape index (κ1) is 12.3. The van der Waals surface area contributed by atoms with E-state index in [1.807, 2.05) is 0 Å². The van der Waals surface area contributed by atoms with Gasteiger partial charge in [-0.2, -0.15) is 18.2 Å². The van der Waals surface area contributed by atoms with Gasteiger partial charge in [-0.15, -0.1) is 0 Å². The third kappa shape index (κ3) is 3.40. The molecule has 2 rings (SSSR count). The number of aromatic nitrogens is 2.